The van der Waals surface area contributed by atoms with Crippen molar-refractivity contribution in [2.75, 3.05) is 38.5 Å². The molecule has 6 nitrogen and oxygen atoms in total. The fourth-order valence-corrected chi connectivity index (χ4v) is 3.99. The van der Waals surface area contributed by atoms with Crippen molar-refractivity contribution in [3.8, 4) is 0 Å². The van der Waals surface area contributed by atoms with Gasteiger partial charge in [-0.3, -0.25) is 4.90 Å². The monoisotopic (exact) mass is 300 g/mol. The second-order valence-electron chi connectivity index (χ2n) is 5.21. The van der Waals surface area contributed by atoms with Gasteiger partial charge in [0, 0.05) is 51.7 Å². The van der Waals surface area contributed by atoms with Gasteiger partial charge < -0.3 is 4.57 Å². The number of unbranched alkanes of at least 4 members (excludes halogenated alkanes) is 1. The van der Waals surface area contributed by atoms with Crippen LogP contribution in [0.5, 0.6) is 0 Å². The van der Waals surface area contributed by atoms with Crippen LogP contribution in [0.25, 0.3) is 0 Å². The lowest BCUT2D eigenvalue weighted by atomic mass is 10.3. The summed E-state index contributed by atoms with van der Waals surface area (Å²) in [4.78, 5) is 6.33. The Morgan fingerprint density at radius 1 is 1.15 bits per heavy atom. The number of hydrogen-bond donors (Lipinski definition) is 0. The lowest BCUT2D eigenvalue weighted by Crippen LogP contribution is -2.49. The van der Waals surface area contributed by atoms with Gasteiger partial charge in [-0.15, -0.1) is 0 Å². The van der Waals surface area contributed by atoms with Crippen LogP contribution in [0.1, 0.15) is 19.8 Å². The Kier molecular flexibility index (Phi) is 5.56. The minimum Gasteiger partial charge on any atom is -0.336 e. The number of hydrogen-bond acceptors (Lipinski definition) is 4. The lowest BCUT2D eigenvalue weighted by Gasteiger charge is -2.34. The molecule has 7 heteroatoms. The summed E-state index contributed by atoms with van der Waals surface area (Å²) in [5.74, 6) is 0.290. The molecule has 1 aliphatic rings. The minimum atomic E-state index is -3.04. The van der Waals surface area contributed by atoms with E-state index in [1.807, 2.05) is 24.0 Å². The summed E-state index contributed by atoms with van der Waals surface area (Å²) in [5, 5.41) is 0. The second-order valence-corrected chi connectivity index (χ2v) is 7.30. The normalized spacial score (nSPS) is 18.4. The van der Waals surface area contributed by atoms with Gasteiger partial charge in [-0.2, -0.15) is 4.31 Å². The minimum absolute atomic E-state index is 0.290. The molecule has 0 atom stereocenters. The Morgan fingerprint density at radius 3 is 2.50 bits per heavy atom. The molecular weight excluding hydrogens is 276 g/mol. The number of sulfonamides is 1. The molecule has 0 N–H and O–H groups in total. The van der Waals surface area contributed by atoms with Gasteiger partial charge in [0.25, 0.3) is 0 Å². The summed E-state index contributed by atoms with van der Waals surface area (Å²) in [6.45, 7) is 6.75. The number of nitrogens with zero attached hydrogens (tertiary/aromatic N) is 4. The first kappa shape index (κ1) is 15.5. The zero-order valence-corrected chi connectivity index (χ0v) is 12.9. The molecule has 0 amide bonds. The number of rotatable bonds is 7. The van der Waals surface area contributed by atoms with E-state index >= 15 is 0 Å². The van der Waals surface area contributed by atoms with Crippen LogP contribution in [0.2, 0.25) is 0 Å². The standard InChI is InChI=1S/C13H24N4O2S/c1-2-3-12-20(18,19)17-10-8-15(9-11-17)6-7-16-5-4-14-13-16/h4-5,13H,2-3,6-12H2,1H3. The molecule has 1 fully saturated rings. The van der Waals surface area contributed by atoms with Crippen molar-refractivity contribution in [1.29, 1.82) is 0 Å². The van der Waals surface area contributed by atoms with Crippen LogP contribution in [0.4, 0.5) is 0 Å². The van der Waals surface area contributed by atoms with Crippen molar-refractivity contribution in [1.82, 2.24) is 18.8 Å². The van der Waals surface area contributed by atoms with E-state index in [-0.39, 0.29) is 0 Å². The molecule has 0 aromatic carbocycles. The van der Waals surface area contributed by atoms with Crippen molar-refractivity contribution < 1.29 is 8.42 Å². The van der Waals surface area contributed by atoms with E-state index < -0.39 is 10.0 Å². The summed E-state index contributed by atoms with van der Waals surface area (Å²) in [5.41, 5.74) is 0. The molecule has 1 saturated heterocycles. The van der Waals surface area contributed by atoms with Gasteiger partial charge in [0.15, 0.2) is 0 Å². The molecule has 1 aliphatic heterocycles. The van der Waals surface area contributed by atoms with E-state index in [0.717, 1.165) is 39.0 Å². The highest BCUT2D eigenvalue weighted by Gasteiger charge is 2.25. The molecule has 0 aliphatic carbocycles. The largest absolute Gasteiger partial charge is 0.336 e. The molecule has 0 spiro atoms. The summed E-state index contributed by atoms with van der Waals surface area (Å²) >= 11 is 0. The summed E-state index contributed by atoms with van der Waals surface area (Å²) in [7, 11) is -3.04. The smallest absolute Gasteiger partial charge is 0.214 e. The third-order valence-electron chi connectivity index (χ3n) is 3.71. The van der Waals surface area contributed by atoms with Crippen molar-refractivity contribution in [3.63, 3.8) is 0 Å². The molecular formula is C13H24N4O2S. The lowest BCUT2D eigenvalue weighted by molar-refractivity contribution is 0.183. The van der Waals surface area contributed by atoms with Gasteiger partial charge in [-0.1, -0.05) is 13.3 Å². The van der Waals surface area contributed by atoms with Crippen molar-refractivity contribution in [2.45, 2.75) is 26.3 Å². The first-order valence-corrected chi connectivity index (χ1v) is 8.88. The maximum Gasteiger partial charge on any atom is 0.214 e. The van der Waals surface area contributed by atoms with Gasteiger partial charge in [0.1, 0.15) is 0 Å². The quantitative estimate of drug-likeness (QED) is 0.741. The molecule has 2 rings (SSSR count). The Bertz CT molecular complexity index is 478. The van der Waals surface area contributed by atoms with E-state index in [2.05, 4.69) is 9.88 Å². The van der Waals surface area contributed by atoms with E-state index in [9.17, 15) is 8.42 Å². The van der Waals surface area contributed by atoms with Crippen LogP contribution in [0.15, 0.2) is 18.7 Å². The van der Waals surface area contributed by atoms with Crippen LogP contribution in [0, 0.1) is 0 Å². The van der Waals surface area contributed by atoms with Crippen LogP contribution in [-0.2, 0) is 16.6 Å². The first-order chi connectivity index (χ1) is 9.62. The predicted octanol–water partition coefficient (Wildman–Crippen LogP) is 0.631. The summed E-state index contributed by atoms with van der Waals surface area (Å²) < 4.78 is 27.9. The Hall–Kier alpha value is -0.920. The van der Waals surface area contributed by atoms with E-state index in [0.29, 0.717) is 18.8 Å². The van der Waals surface area contributed by atoms with Gasteiger partial charge >= 0.3 is 0 Å². The fraction of sp³-hybridized carbons (Fsp3) is 0.769. The molecule has 0 saturated carbocycles. The van der Waals surface area contributed by atoms with Crippen molar-refractivity contribution >= 4 is 10.0 Å². The molecule has 1 aromatic heterocycles. The second kappa shape index (κ2) is 7.19. The summed E-state index contributed by atoms with van der Waals surface area (Å²) in [6.07, 6.45) is 7.21. The maximum absolute atomic E-state index is 12.1. The molecule has 1 aromatic rings. The Morgan fingerprint density at radius 2 is 1.90 bits per heavy atom. The van der Waals surface area contributed by atoms with Crippen LogP contribution in [-0.4, -0.2) is 65.7 Å². The molecule has 0 bridgehead atoms. The van der Waals surface area contributed by atoms with Crippen LogP contribution in [0.3, 0.4) is 0 Å². The Labute approximate surface area is 121 Å². The third-order valence-corrected chi connectivity index (χ3v) is 5.67. The van der Waals surface area contributed by atoms with Crippen LogP contribution < -0.4 is 0 Å². The van der Waals surface area contributed by atoms with Crippen LogP contribution >= 0.6 is 0 Å². The Balaban J connectivity index is 1.74. The number of aromatic nitrogens is 2. The highest BCUT2D eigenvalue weighted by atomic mass is 32.2. The van der Waals surface area contributed by atoms with Gasteiger partial charge in [0.2, 0.25) is 10.0 Å². The average molecular weight is 300 g/mol. The average Bonchev–Trinajstić information content (AvgIpc) is 2.97. The summed E-state index contributed by atoms with van der Waals surface area (Å²) in [6, 6.07) is 0. The molecule has 0 unspecified atom stereocenters. The first-order valence-electron chi connectivity index (χ1n) is 7.28. The predicted molar refractivity (Wildman–Crippen MR) is 78.9 cm³/mol. The number of imidazole rings is 1. The highest BCUT2D eigenvalue weighted by Crippen LogP contribution is 2.10. The molecule has 2 heterocycles. The SMILES string of the molecule is CCCCS(=O)(=O)N1CCN(CCn2ccnc2)CC1. The van der Waals surface area contributed by atoms with E-state index in [1.54, 1.807) is 10.5 Å². The maximum atomic E-state index is 12.1. The molecule has 20 heavy (non-hydrogen) atoms. The van der Waals surface area contributed by atoms with E-state index in [4.69, 9.17) is 0 Å². The van der Waals surface area contributed by atoms with E-state index in [1.165, 1.54) is 0 Å². The van der Waals surface area contributed by atoms with Crippen molar-refractivity contribution in [2.24, 2.45) is 0 Å². The highest BCUT2D eigenvalue weighted by molar-refractivity contribution is 7.89. The van der Waals surface area contributed by atoms with Gasteiger partial charge in [-0.25, -0.2) is 13.4 Å². The fourth-order valence-electron chi connectivity index (χ4n) is 2.36. The number of piperazine rings is 1. The zero-order chi connectivity index (χ0) is 14.4. The zero-order valence-electron chi connectivity index (χ0n) is 12.1. The van der Waals surface area contributed by atoms with Crippen molar-refractivity contribution in [3.05, 3.63) is 18.7 Å². The topological polar surface area (TPSA) is 58.4 Å². The van der Waals surface area contributed by atoms with Gasteiger partial charge in [-0.05, 0) is 6.42 Å². The van der Waals surface area contributed by atoms with Gasteiger partial charge in [0.05, 0.1) is 12.1 Å². The molecule has 114 valence electrons. The molecule has 0 radical (unpaired) electrons. The third kappa shape index (κ3) is 4.29.